The molecule has 1 heterocycles. The number of nitrogens with zero attached hydrogens (tertiary/aromatic N) is 1. The van der Waals surface area contributed by atoms with Gasteiger partial charge in [-0.2, -0.15) is 3.97 Å². The van der Waals surface area contributed by atoms with Gasteiger partial charge in [0.25, 0.3) is 0 Å². The van der Waals surface area contributed by atoms with Crippen molar-refractivity contribution in [3.05, 3.63) is 28.2 Å². The van der Waals surface area contributed by atoms with E-state index in [1.54, 1.807) is 13.0 Å². The minimum atomic E-state index is -3.63. The minimum Gasteiger partial charge on any atom is -0.398 e. The topological polar surface area (TPSA) is 98.0 Å². The van der Waals surface area contributed by atoms with Crippen LogP contribution in [0.25, 0.3) is 11.0 Å². The van der Waals surface area contributed by atoms with E-state index in [0.29, 0.717) is 15.2 Å². The van der Waals surface area contributed by atoms with Crippen molar-refractivity contribution in [3.8, 4) is 0 Å². The van der Waals surface area contributed by atoms with Gasteiger partial charge in [0.2, 0.25) is 10.0 Å². The summed E-state index contributed by atoms with van der Waals surface area (Å²) in [6.45, 7) is 1.78. The summed E-state index contributed by atoms with van der Waals surface area (Å²) in [5.41, 5.74) is 6.97. The van der Waals surface area contributed by atoms with Crippen molar-refractivity contribution < 1.29 is 8.42 Å². The Morgan fingerprint density at radius 1 is 1.38 bits per heavy atom. The summed E-state index contributed by atoms with van der Waals surface area (Å²) in [5.74, 6) is 0. The van der Waals surface area contributed by atoms with E-state index in [2.05, 4.69) is 4.98 Å². The van der Waals surface area contributed by atoms with Crippen molar-refractivity contribution in [3.63, 3.8) is 0 Å². The Kier molecular flexibility index (Phi) is 2.09. The van der Waals surface area contributed by atoms with Gasteiger partial charge in [0.1, 0.15) is 0 Å². The zero-order valence-electron chi connectivity index (χ0n) is 8.81. The lowest BCUT2D eigenvalue weighted by atomic mass is 10.2. The molecule has 1 aromatic heterocycles. The average molecular weight is 241 g/mol. The van der Waals surface area contributed by atoms with Gasteiger partial charge in [0.05, 0.1) is 17.3 Å². The highest BCUT2D eigenvalue weighted by molar-refractivity contribution is 7.89. The summed E-state index contributed by atoms with van der Waals surface area (Å²) in [4.78, 5) is 14.0. The average Bonchev–Trinajstić information content (AvgIpc) is 2.40. The quantitative estimate of drug-likeness (QED) is 0.688. The molecule has 0 radical (unpaired) electrons. The summed E-state index contributed by atoms with van der Waals surface area (Å²) in [5, 5.41) is 0. The zero-order chi connectivity index (χ0) is 12.1. The van der Waals surface area contributed by atoms with Gasteiger partial charge in [-0.05, 0) is 24.6 Å². The van der Waals surface area contributed by atoms with E-state index in [4.69, 9.17) is 5.73 Å². The van der Waals surface area contributed by atoms with Crippen LogP contribution in [-0.4, -0.2) is 23.6 Å². The fourth-order valence-electron chi connectivity index (χ4n) is 1.59. The number of hydrogen-bond acceptors (Lipinski definition) is 4. The van der Waals surface area contributed by atoms with Crippen LogP contribution in [0.3, 0.4) is 0 Å². The number of nitrogens with two attached hydrogens (primary N) is 1. The normalized spacial score (nSPS) is 12.1. The SMILES string of the molecule is Cc1cc2[nH]c(=O)n(S(C)(=O)=O)c2cc1N. The number of hydrogen-bond donors (Lipinski definition) is 2. The van der Waals surface area contributed by atoms with E-state index in [-0.39, 0.29) is 5.52 Å². The standard InChI is InChI=1S/C9H11N3O3S/c1-5-3-7-8(4-6(5)10)12(9(13)11-7)16(2,14)15/h3-4H,10H2,1-2H3,(H,11,13). The maximum absolute atomic E-state index is 11.5. The molecule has 0 spiro atoms. The van der Waals surface area contributed by atoms with E-state index in [9.17, 15) is 13.2 Å². The number of aryl methyl sites for hydroxylation is 1. The molecule has 86 valence electrons. The number of aromatic nitrogens is 2. The van der Waals surface area contributed by atoms with Gasteiger partial charge in [0, 0.05) is 5.69 Å². The molecule has 0 saturated heterocycles. The fraction of sp³-hybridized carbons (Fsp3) is 0.222. The summed E-state index contributed by atoms with van der Waals surface area (Å²) in [6, 6.07) is 3.12. The Bertz CT molecular complexity index is 724. The number of H-pyrrole nitrogens is 1. The monoisotopic (exact) mass is 241 g/mol. The Morgan fingerprint density at radius 2 is 2.00 bits per heavy atom. The van der Waals surface area contributed by atoms with Gasteiger partial charge < -0.3 is 10.7 Å². The maximum Gasteiger partial charge on any atom is 0.340 e. The smallest absolute Gasteiger partial charge is 0.340 e. The van der Waals surface area contributed by atoms with Crippen molar-refractivity contribution in [2.75, 3.05) is 12.0 Å². The predicted molar refractivity (Wildman–Crippen MR) is 61.9 cm³/mol. The number of aromatic amines is 1. The van der Waals surface area contributed by atoms with Crippen molar-refractivity contribution >= 4 is 26.7 Å². The highest BCUT2D eigenvalue weighted by Crippen LogP contribution is 2.19. The third kappa shape index (κ3) is 1.49. The number of benzene rings is 1. The predicted octanol–water partition coefficient (Wildman–Crippen LogP) is 0.0279. The van der Waals surface area contributed by atoms with Crippen molar-refractivity contribution in [2.45, 2.75) is 6.92 Å². The van der Waals surface area contributed by atoms with Crippen LogP contribution in [0.1, 0.15) is 5.56 Å². The fourth-order valence-corrected chi connectivity index (χ4v) is 2.44. The maximum atomic E-state index is 11.5. The molecule has 0 aliphatic rings. The van der Waals surface area contributed by atoms with Gasteiger partial charge in [-0.3, -0.25) is 0 Å². The molecule has 0 aliphatic heterocycles. The van der Waals surface area contributed by atoms with Crippen LogP contribution in [0.2, 0.25) is 0 Å². The Labute approximate surface area is 91.7 Å². The molecule has 0 amide bonds. The second-order valence-electron chi connectivity index (χ2n) is 3.68. The van der Waals surface area contributed by atoms with Crippen molar-refractivity contribution in [1.82, 2.24) is 8.96 Å². The minimum absolute atomic E-state index is 0.274. The molecule has 7 heteroatoms. The van der Waals surface area contributed by atoms with Crippen LogP contribution in [0, 0.1) is 6.92 Å². The molecule has 6 nitrogen and oxygen atoms in total. The molecular weight excluding hydrogens is 230 g/mol. The summed E-state index contributed by atoms with van der Waals surface area (Å²) in [6.07, 6.45) is 0.970. The molecule has 0 atom stereocenters. The molecule has 2 aromatic rings. The molecule has 0 bridgehead atoms. The van der Waals surface area contributed by atoms with E-state index in [1.807, 2.05) is 0 Å². The molecule has 1 aromatic carbocycles. The first-order valence-corrected chi connectivity index (χ1v) is 6.37. The summed E-state index contributed by atoms with van der Waals surface area (Å²) in [7, 11) is -3.63. The van der Waals surface area contributed by atoms with Gasteiger partial charge >= 0.3 is 5.69 Å². The van der Waals surface area contributed by atoms with Gasteiger partial charge in [-0.15, -0.1) is 0 Å². The first kappa shape index (κ1) is 10.7. The number of nitrogen functional groups attached to an aromatic ring is 1. The Balaban J connectivity index is 3.02. The molecule has 3 N–H and O–H groups in total. The summed E-state index contributed by atoms with van der Waals surface area (Å²) < 4.78 is 23.6. The molecule has 0 unspecified atom stereocenters. The third-order valence-electron chi connectivity index (χ3n) is 2.36. The van der Waals surface area contributed by atoms with Crippen LogP contribution < -0.4 is 11.4 Å². The number of imidazole rings is 1. The second-order valence-corrected chi connectivity index (χ2v) is 5.51. The molecule has 0 saturated carbocycles. The second kappa shape index (κ2) is 3.11. The number of nitrogens with one attached hydrogen (secondary N) is 1. The van der Waals surface area contributed by atoms with E-state index in [0.717, 1.165) is 11.8 Å². The zero-order valence-corrected chi connectivity index (χ0v) is 9.63. The first-order valence-electron chi connectivity index (χ1n) is 4.52. The van der Waals surface area contributed by atoms with Crippen LogP contribution in [0.15, 0.2) is 16.9 Å². The molecule has 16 heavy (non-hydrogen) atoms. The first-order chi connectivity index (χ1) is 7.30. The Hall–Kier alpha value is -1.76. The number of fused-ring (bicyclic) bond motifs is 1. The third-order valence-corrected chi connectivity index (χ3v) is 3.39. The van der Waals surface area contributed by atoms with Crippen molar-refractivity contribution in [2.24, 2.45) is 0 Å². The van der Waals surface area contributed by atoms with Crippen LogP contribution in [-0.2, 0) is 10.0 Å². The lowest BCUT2D eigenvalue weighted by molar-refractivity contribution is 0.593. The van der Waals surface area contributed by atoms with Crippen LogP contribution in [0.4, 0.5) is 5.69 Å². The number of anilines is 1. The van der Waals surface area contributed by atoms with Crippen LogP contribution >= 0.6 is 0 Å². The van der Waals surface area contributed by atoms with E-state index >= 15 is 0 Å². The Morgan fingerprint density at radius 3 is 2.56 bits per heavy atom. The number of rotatable bonds is 1. The highest BCUT2D eigenvalue weighted by atomic mass is 32.2. The van der Waals surface area contributed by atoms with Gasteiger partial charge in [-0.1, -0.05) is 0 Å². The van der Waals surface area contributed by atoms with Crippen molar-refractivity contribution in [1.29, 1.82) is 0 Å². The molecule has 0 aliphatic carbocycles. The molecular formula is C9H11N3O3S. The summed E-state index contributed by atoms with van der Waals surface area (Å²) >= 11 is 0. The lowest BCUT2D eigenvalue weighted by Gasteiger charge is -2.02. The molecule has 0 fully saturated rings. The lowest BCUT2D eigenvalue weighted by Crippen LogP contribution is -2.23. The van der Waals surface area contributed by atoms with Gasteiger partial charge in [-0.25, -0.2) is 13.2 Å². The van der Waals surface area contributed by atoms with E-state index in [1.165, 1.54) is 6.07 Å². The largest absolute Gasteiger partial charge is 0.398 e. The highest BCUT2D eigenvalue weighted by Gasteiger charge is 2.15. The molecule has 2 rings (SSSR count). The van der Waals surface area contributed by atoms with Crippen LogP contribution in [0.5, 0.6) is 0 Å². The van der Waals surface area contributed by atoms with Gasteiger partial charge in [0.15, 0.2) is 0 Å². The van der Waals surface area contributed by atoms with E-state index < -0.39 is 15.7 Å².